The van der Waals surface area contributed by atoms with Crippen LogP contribution in [0.4, 0.5) is 8.78 Å². The van der Waals surface area contributed by atoms with Gasteiger partial charge in [-0.15, -0.1) is 12.4 Å². The lowest BCUT2D eigenvalue weighted by molar-refractivity contribution is -0.133. The van der Waals surface area contributed by atoms with Gasteiger partial charge in [0.05, 0.1) is 18.6 Å². The Morgan fingerprint density at radius 2 is 1.53 bits per heavy atom. The molecule has 0 radical (unpaired) electrons. The van der Waals surface area contributed by atoms with E-state index in [-0.39, 0.29) is 36.9 Å². The van der Waals surface area contributed by atoms with Crippen molar-refractivity contribution in [2.75, 3.05) is 26.2 Å². The van der Waals surface area contributed by atoms with Gasteiger partial charge in [-0.25, -0.2) is 8.78 Å². The first kappa shape index (κ1) is 14.6. The van der Waals surface area contributed by atoms with E-state index in [0.717, 1.165) is 32.4 Å². The van der Waals surface area contributed by atoms with Crippen molar-refractivity contribution >= 4 is 18.3 Å². The number of halogens is 3. The van der Waals surface area contributed by atoms with Gasteiger partial charge >= 0.3 is 0 Å². The maximum absolute atomic E-state index is 11.5. The molecule has 1 spiro atoms. The van der Waals surface area contributed by atoms with E-state index in [9.17, 15) is 13.6 Å². The lowest BCUT2D eigenvalue weighted by atomic mass is 9.79. The number of rotatable bonds is 0. The molecule has 0 unspecified atom stereocenters. The summed E-state index contributed by atoms with van der Waals surface area (Å²) in [6.45, 7) is 1.85. The van der Waals surface area contributed by atoms with Crippen molar-refractivity contribution in [3.63, 3.8) is 0 Å². The largest absolute Gasteiger partial charge is 0.350 e. The molecule has 3 rings (SSSR count). The Kier molecular flexibility index (Phi) is 4.69. The molecule has 3 fully saturated rings. The summed E-state index contributed by atoms with van der Waals surface area (Å²) in [6.07, 6.45) is 2.98. The van der Waals surface area contributed by atoms with E-state index >= 15 is 0 Å². The quantitative estimate of drug-likeness (QED) is 0.554. The third-order valence-electron chi connectivity index (χ3n) is 3.23. The van der Waals surface area contributed by atoms with Crippen molar-refractivity contribution in [1.29, 1.82) is 0 Å². The van der Waals surface area contributed by atoms with E-state index < -0.39 is 5.92 Å². The van der Waals surface area contributed by atoms with Gasteiger partial charge in [0.2, 0.25) is 5.91 Å². The normalized spacial score (nSPS) is 27.5. The van der Waals surface area contributed by atoms with Gasteiger partial charge in [0, 0.05) is 6.42 Å². The fourth-order valence-electron chi connectivity index (χ4n) is 2.11. The van der Waals surface area contributed by atoms with Crippen LogP contribution in [0.15, 0.2) is 0 Å². The highest BCUT2D eigenvalue weighted by molar-refractivity contribution is 5.85. The zero-order valence-corrected chi connectivity index (χ0v) is 10.3. The van der Waals surface area contributed by atoms with Crippen LogP contribution in [0.3, 0.4) is 0 Å². The van der Waals surface area contributed by atoms with Crippen LogP contribution in [0.5, 0.6) is 0 Å². The van der Waals surface area contributed by atoms with Crippen LogP contribution in [0.1, 0.15) is 19.3 Å². The summed E-state index contributed by atoms with van der Waals surface area (Å²) >= 11 is 0. The van der Waals surface area contributed by atoms with Crippen LogP contribution in [0, 0.1) is 0 Å². The Balaban J connectivity index is 0.000000180. The highest BCUT2D eigenvalue weighted by Crippen LogP contribution is 2.28. The molecule has 4 nitrogen and oxygen atoms in total. The lowest BCUT2D eigenvalue weighted by Crippen LogP contribution is -2.64. The molecule has 3 heterocycles. The van der Waals surface area contributed by atoms with Crippen molar-refractivity contribution in [1.82, 2.24) is 16.0 Å². The van der Waals surface area contributed by atoms with Crippen LogP contribution in [-0.4, -0.2) is 43.5 Å². The van der Waals surface area contributed by atoms with E-state index in [1.165, 1.54) is 0 Å². The second-order valence-corrected chi connectivity index (χ2v) is 4.71. The number of amides is 1. The van der Waals surface area contributed by atoms with Crippen molar-refractivity contribution in [2.24, 2.45) is 0 Å². The van der Waals surface area contributed by atoms with E-state index in [4.69, 9.17) is 0 Å². The zero-order valence-electron chi connectivity index (χ0n) is 9.52. The molecule has 7 heteroatoms. The standard InChI is InChI=1S/C7H12N2O.C3H5F2N.ClH/c10-6-5-7(9-6)1-3-8-4-2-7;4-3(5)1-6-2-3;/h8H,1-5H2,(H,9,10);6H,1-2H2;1H. The first-order valence-electron chi connectivity index (χ1n) is 5.62. The van der Waals surface area contributed by atoms with Gasteiger partial charge in [0.15, 0.2) is 0 Å². The summed E-state index contributed by atoms with van der Waals surface area (Å²) in [5.41, 5.74) is 0.211. The van der Waals surface area contributed by atoms with E-state index in [1.54, 1.807) is 0 Å². The summed E-state index contributed by atoms with van der Waals surface area (Å²) in [5, 5.41) is 8.70. The lowest BCUT2D eigenvalue weighted by Gasteiger charge is -2.45. The van der Waals surface area contributed by atoms with Crippen LogP contribution >= 0.6 is 12.4 Å². The highest BCUT2D eigenvalue weighted by atomic mass is 35.5. The Hall–Kier alpha value is -0.460. The summed E-state index contributed by atoms with van der Waals surface area (Å²) in [4.78, 5) is 10.6. The van der Waals surface area contributed by atoms with E-state index in [1.807, 2.05) is 0 Å². The molecule has 0 saturated carbocycles. The molecule has 3 aliphatic rings. The Morgan fingerprint density at radius 1 is 1.06 bits per heavy atom. The van der Waals surface area contributed by atoms with Crippen LogP contribution in [-0.2, 0) is 4.79 Å². The molecule has 17 heavy (non-hydrogen) atoms. The molecule has 0 aromatic heterocycles. The molecule has 3 N–H and O–H groups in total. The van der Waals surface area contributed by atoms with Gasteiger partial charge in [0.1, 0.15) is 0 Å². The fourth-order valence-corrected chi connectivity index (χ4v) is 2.11. The number of β-lactam (4-membered cyclic amide) rings is 1. The Morgan fingerprint density at radius 3 is 1.82 bits per heavy atom. The summed E-state index contributed by atoms with van der Waals surface area (Å²) in [6, 6.07) is 0. The number of alkyl halides is 2. The Labute approximate surface area is 105 Å². The number of hydrogen-bond donors (Lipinski definition) is 3. The first-order valence-corrected chi connectivity index (χ1v) is 5.62. The molecule has 100 valence electrons. The molecule has 0 atom stereocenters. The average Bonchev–Trinajstić information content (AvgIpc) is 2.16. The molecular formula is C10H18ClF2N3O. The van der Waals surface area contributed by atoms with Crippen LogP contribution in [0.2, 0.25) is 0 Å². The molecule has 3 aliphatic heterocycles. The monoisotopic (exact) mass is 269 g/mol. The van der Waals surface area contributed by atoms with Crippen molar-refractivity contribution < 1.29 is 13.6 Å². The summed E-state index contributed by atoms with van der Waals surface area (Å²) in [5.74, 6) is -2.16. The SMILES string of the molecule is Cl.FC1(F)CNC1.O=C1CC2(CCNCC2)N1. The number of carbonyl (C=O) groups is 1. The maximum atomic E-state index is 11.5. The molecular weight excluding hydrogens is 252 g/mol. The molecule has 3 saturated heterocycles. The second-order valence-electron chi connectivity index (χ2n) is 4.71. The molecule has 0 aromatic carbocycles. The van der Waals surface area contributed by atoms with Gasteiger partial charge in [-0.1, -0.05) is 0 Å². The minimum atomic E-state index is -2.39. The van der Waals surface area contributed by atoms with Gasteiger partial charge < -0.3 is 16.0 Å². The number of carbonyl (C=O) groups excluding carboxylic acids is 1. The third kappa shape index (κ3) is 3.76. The van der Waals surface area contributed by atoms with E-state index in [0.29, 0.717) is 0 Å². The average molecular weight is 270 g/mol. The van der Waals surface area contributed by atoms with Crippen LogP contribution in [0.25, 0.3) is 0 Å². The molecule has 0 aromatic rings. The van der Waals surface area contributed by atoms with Crippen molar-refractivity contribution in [3.05, 3.63) is 0 Å². The predicted molar refractivity (Wildman–Crippen MR) is 62.7 cm³/mol. The molecule has 0 bridgehead atoms. The highest BCUT2D eigenvalue weighted by Gasteiger charge is 2.42. The maximum Gasteiger partial charge on any atom is 0.272 e. The predicted octanol–water partition coefficient (Wildman–Crippen LogP) is 0.275. The number of piperidine rings is 1. The fraction of sp³-hybridized carbons (Fsp3) is 0.900. The minimum absolute atomic E-state index is 0. The van der Waals surface area contributed by atoms with Gasteiger partial charge in [0.25, 0.3) is 5.92 Å². The first-order chi connectivity index (χ1) is 7.52. The third-order valence-corrected chi connectivity index (χ3v) is 3.23. The molecule has 1 amide bonds. The summed E-state index contributed by atoms with van der Waals surface area (Å²) < 4.78 is 23.0. The number of nitrogens with one attached hydrogen (secondary N) is 3. The number of hydrogen-bond acceptors (Lipinski definition) is 3. The zero-order chi connectivity index (χ0) is 11.6. The topological polar surface area (TPSA) is 53.2 Å². The Bertz CT molecular complexity index is 267. The summed E-state index contributed by atoms with van der Waals surface area (Å²) in [7, 11) is 0. The van der Waals surface area contributed by atoms with Gasteiger partial charge in [-0.2, -0.15) is 0 Å². The van der Waals surface area contributed by atoms with E-state index in [2.05, 4.69) is 16.0 Å². The van der Waals surface area contributed by atoms with Gasteiger partial charge in [-0.3, -0.25) is 4.79 Å². The van der Waals surface area contributed by atoms with Gasteiger partial charge in [-0.05, 0) is 25.9 Å². The molecule has 0 aliphatic carbocycles. The van der Waals surface area contributed by atoms with Crippen molar-refractivity contribution in [3.8, 4) is 0 Å². The van der Waals surface area contributed by atoms with Crippen LogP contribution < -0.4 is 16.0 Å². The minimum Gasteiger partial charge on any atom is -0.350 e. The van der Waals surface area contributed by atoms with Crippen molar-refractivity contribution in [2.45, 2.75) is 30.7 Å². The smallest absolute Gasteiger partial charge is 0.272 e. The second kappa shape index (κ2) is 5.46.